The molecule has 0 spiro atoms. The number of piperidine rings is 1. The third-order valence-corrected chi connectivity index (χ3v) is 6.11. The number of halogens is 1. The van der Waals surface area contributed by atoms with Gasteiger partial charge < -0.3 is 20.4 Å². The predicted molar refractivity (Wildman–Crippen MR) is 124 cm³/mol. The third-order valence-electron chi connectivity index (χ3n) is 5.89. The van der Waals surface area contributed by atoms with Gasteiger partial charge in [-0.05, 0) is 68.2 Å². The van der Waals surface area contributed by atoms with Crippen LogP contribution >= 0.6 is 11.6 Å². The Bertz CT molecular complexity index is 985. The van der Waals surface area contributed by atoms with Crippen molar-refractivity contribution in [2.24, 2.45) is 5.92 Å². The van der Waals surface area contributed by atoms with E-state index in [0.29, 0.717) is 22.3 Å². The lowest BCUT2D eigenvalue weighted by Gasteiger charge is -2.35. The number of carbonyl (C=O) groups is 1. The Hall–Kier alpha value is -2.83. The summed E-state index contributed by atoms with van der Waals surface area (Å²) >= 11 is 5.90. The second-order valence-electron chi connectivity index (χ2n) is 7.92. The van der Waals surface area contributed by atoms with Gasteiger partial charge >= 0.3 is 0 Å². The van der Waals surface area contributed by atoms with E-state index >= 15 is 0 Å². The van der Waals surface area contributed by atoms with Gasteiger partial charge in [-0.3, -0.25) is 4.79 Å². The molecule has 3 N–H and O–H groups in total. The maximum absolute atomic E-state index is 13.0. The van der Waals surface area contributed by atoms with E-state index in [0.717, 1.165) is 37.4 Å². The maximum Gasteiger partial charge on any atom is 0.258 e. The third kappa shape index (κ3) is 5.27. The Morgan fingerprint density at radius 1 is 1.16 bits per heavy atom. The molecule has 1 amide bonds. The molecule has 4 rings (SSSR count). The summed E-state index contributed by atoms with van der Waals surface area (Å²) in [4.78, 5) is 17.2. The van der Waals surface area contributed by atoms with Crippen molar-refractivity contribution in [3.05, 3.63) is 77.3 Å². The van der Waals surface area contributed by atoms with Crippen LogP contribution in [0.3, 0.4) is 0 Å². The fraction of sp³-hybridized carbons (Fsp3) is 0.333. The van der Waals surface area contributed by atoms with Crippen LogP contribution < -0.4 is 16.0 Å². The number of aromatic nitrogens is 1. The summed E-state index contributed by atoms with van der Waals surface area (Å²) in [6.45, 7) is 4.18. The van der Waals surface area contributed by atoms with Gasteiger partial charge in [0.05, 0.1) is 16.8 Å². The van der Waals surface area contributed by atoms with Crippen LogP contribution in [0.1, 0.15) is 41.8 Å². The molecule has 31 heavy (non-hydrogen) atoms. The van der Waals surface area contributed by atoms with Gasteiger partial charge in [-0.15, -0.1) is 0 Å². The van der Waals surface area contributed by atoms with Crippen LogP contribution in [0.15, 0.2) is 65.4 Å². The number of furan rings is 1. The second-order valence-corrected chi connectivity index (χ2v) is 8.36. The fourth-order valence-electron chi connectivity index (χ4n) is 4.20. The van der Waals surface area contributed by atoms with Crippen molar-refractivity contribution < 1.29 is 9.21 Å². The zero-order valence-corrected chi connectivity index (χ0v) is 18.2. The summed E-state index contributed by atoms with van der Waals surface area (Å²) in [6.07, 6.45) is 5.38. The van der Waals surface area contributed by atoms with E-state index in [4.69, 9.17) is 16.0 Å². The minimum Gasteiger partial charge on any atom is -0.469 e. The van der Waals surface area contributed by atoms with Crippen LogP contribution in [0.5, 0.6) is 0 Å². The summed E-state index contributed by atoms with van der Waals surface area (Å²) in [6, 6.07) is 15.0. The standard InChI is InChI=1S/C24H27ClN4O2/c1-16(21-7-4-14-31-21)23(17-10-12-26-13-11-17)28-20-6-3-2-5-19(20)24(30)29-22-9-8-18(25)15-27-22/h2-9,14-17,23,26,28H,10-13H2,1H3,(H,27,29,30). The summed E-state index contributed by atoms with van der Waals surface area (Å²) in [7, 11) is 0. The SMILES string of the molecule is CC(c1ccco1)C(Nc1ccccc1C(=O)Nc1ccc(Cl)cn1)C1CCNCC1. The van der Waals surface area contributed by atoms with Crippen LogP contribution in [-0.4, -0.2) is 30.0 Å². The molecule has 0 aliphatic carbocycles. The number of anilines is 2. The number of hydrogen-bond donors (Lipinski definition) is 3. The molecule has 2 aromatic heterocycles. The molecule has 6 nitrogen and oxygen atoms in total. The van der Waals surface area contributed by atoms with E-state index in [9.17, 15) is 4.79 Å². The van der Waals surface area contributed by atoms with Gasteiger partial charge in [-0.2, -0.15) is 0 Å². The highest BCUT2D eigenvalue weighted by Gasteiger charge is 2.31. The number of benzene rings is 1. The van der Waals surface area contributed by atoms with Crippen molar-refractivity contribution in [3.8, 4) is 0 Å². The van der Waals surface area contributed by atoms with Gasteiger partial charge in [0.15, 0.2) is 0 Å². The van der Waals surface area contributed by atoms with Gasteiger partial charge in [0.2, 0.25) is 0 Å². The molecule has 1 saturated heterocycles. The number of hydrogen-bond acceptors (Lipinski definition) is 5. The van der Waals surface area contributed by atoms with Gasteiger partial charge in [0, 0.05) is 23.8 Å². The molecule has 0 radical (unpaired) electrons. The lowest BCUT2D eigenvalue weighted by Crippen LogP contribution is -2.41. The number of carbonyl (C=O) groups excluding carboxylic acids is 1. The molecule has 1 aliphatic heterocycles. The van der Waals surface area contributed by atoms with E-state index in [1.165, 1.54) is 6.20 Å². The van der Waals surface area contributed by atoms with Crippen LogP contribution in [0.25, 0.3) is 0 Å². The first kappa shape index (κ1) is 21.4. The van der Waals surface area contributed by atoms with Crippen LogP contribution in [0.2, 0.25) is 5.02 Å². The Morgan fingerprint density at radius 2 is 1.97 bits per heavy atom. The van der Waals surface area contributed by atoms with Gasteiger partial charge in [-0.25, -0.2) is 4.98 Å². The van der Waals surface area contributed by atoms with Gasteiger partial charge in [-0.1, -0.05) is 30.7 Å². The summed E-state index contributed by atoms with van der Waals surface area (Å²) in [5.74, 6) is 1.82. The molecule has 162 valence electrons. The van der Waals surface area contributed by atoms with Gasteiger partial charge in [0.1, 0.15) is 11.6 Å². The number of amides is 1. The van der Waals surface area contributed by atoms with E-state index in [1.807, 2.05) is 36.4 Å². The fourth-order valence-corrected chi connectivity index (χ4v) is 4.31. The highest BCUT2D eigenvalue weighted by atomic mass is 35.5. The number of para-hydroxylation sites is 1. The second kappa shape index (κ2) is 9.98. The minimum absolute atomic E-state index is 0.135. The molecule has 1 aliphatic rings. The minimum atomic E-state index is -0.215. The quantitative estimate of drug-likeness (QED) is 0.474. The Balaban J connectivity index is 1.58. The molecule has 3 aromatic rings. The summed E-state index contributed by atoms with van der Waals surface area (Å²) in [5, 5.41) is 10.5. The first-order valence-corrected chi connectivity index (χ1v) is 11.0. The van der Waals surface area contributed by atoms with Gasteiger partial charge in [0.25, 0.3) is 5.91 Å². The van der Waals surface area contributed by atoms with E-state index in [1.54, 1.807) is 18.4 Å². The monoisotopic (exact) mass is 438 g/mol. The van der Waals surface area contributed by atoms with Crippen LogP contribution in [-0.2, 0) is 0 Å². The Labute approximate surface area is 187 Å². The Morgan fingerprint density at radius 3 is 2.68 bits per heavy atom. The summed E-state index contributed by atoms with van der Waals surface area (Å²) in [5.41, 5.74) is 1.38. The molecule has 2 unspecified atom stereocenters. The number of rotatable bonds is 7. The molecule has 1 aromatic carbocycles. The van der Waals surface area contributed by atoms with Crippen LogP contribution in [0, 0.1) is 5.92 Å². The largest absolute Gasteiger partial charge is 0.469 e. The van der Waals surface area contributed by atoms with Crippen LogP contribution in [0.4, 0.5) is 11.5 Å². The highest BCUT2D eigenvalue weighted by molar-refractivity contribution is 6.30. The lowest BCUT2D eigenvalue weighted by molar-refractivity contribution is 0.102. The zero-order valence-electron chi connectivity index (χ0n) is 17.5. The number of nitrogens with one attached hydrogen (secondary N) is 3. The van der Waals surface area contributed by atoms with Crippen molar-refractivity contribution in [1.29, 1.82) is 0 Å². The zero-order chi connectivity index (χ0) is 21.6. The van der Waals surface area contributed by atoms with Crippen molar-refractivity contribution in [3.63, 3.8) is 0 Å². The molecule has 3 heterocycles. The number of pyridine rings is 1. The molecule has 0 bridgehead atoms. The molecular weight excluding hydrogens is 412 g/mol. The summed E-state index contributed by atoms with van der Waals surface area (Å²) < 4.78 is 5.72. The average Bonchev–Trinajstić information content (AvgIpc) is 3.34. The molecule has 7 heteroatoms. The normalized spacial score (nSPS) is 16.5. The number of nitrogens with zero attached hydrogens (tertiary/aromatic N) is 1. The average molecular weight is 439 g/mol. The predicted octanol–water partition coefficient (Wildman–Crippen LogP) is 5.16. The van der Waals surface area contributed by atoms with E-state index in [2.05, 4.69) is 27.9 Å². The molecular formula is C24H27ClN4O2. The van der Waals surface area contributed by atoms with Crippen molar-refractivity contribution in [1.82, 2.24) is 10.3 Å². The lowest BCUT2D eigenvalue weighted by atomic mass is 9.82. The molecule has 2 atom stereocenters. The van der Waals surface area contributed by atoms with Crippen molar-refractivity contribution in [2.45, 2.75) is 31.7 Å². The van der Waals surface area contributed by atoms with E-state index < -0.39 is 0 Å². The first-order valence-electron chi connectivity index (χ1n) is 10.6. The molecule has 1 fully saturated rings. The van der Waals surface area contributed by atoms with Crippen molar-refractivity contribution in [2.75, 3.05) is 23.7 Å². The highest BCUT2D eigenvalue weighted by Crippen LogP contribution is 2.32. The first-order chi connectivity index (χ1) is 15.1. The smallest absolute Gasteiger partial charge is 0.258 e. The van der Waals surface area contributed by atoms with Crippen molar-refractivity contribution >= 4 is 29.0 Å². The molecule has 0 saturated carbocycles. The topological polar surface area (TPSA) is 79.2 Å². The maximum atomic E-state index is 13.0. The van der Waals surface area contributed by atoms with E-state index in [-0.39, 0.29) is 17.9 Å². The Kier molecular flexibility index (Phi) is 6.89.